The molecule has 0 N–H and O–H groups in total. The van der Waals surface area contributed by atoms with Crippen LogP contribution in [0.4, 0.5) is 0 Å². The molecule has 5 heteroatoms. The maximum Gasteiger partial charge on any atom is 0.309 e. The zero-order valence-corrected chi connectivity index (χ0v) is 10.5. The average molecular weight is 278 g/mol. The molecule has 0 radical (unpaired) electrons. The molecule has 0 unspecified atom stereocenters. The predicted octanol–water partition coefficient (Wildman–Crippen LogP) is 1.18. The van der Waals surface area contributed by atoms with Crippen molar-refractivity contribution >= 4 is 27.8 Å². The number of hydrogen-bond donors (Lipinski definition) is 0. The highest BCUT2D eigenvalue weighted by Gasteiger charge is 2.27. The molecule has 0 atom stereocenters. The van der Waals surface area contributed by atoms with Crippen molar-refractivity contribution in [3.05, 3.63) is 0 Å². The minimum absolute atomic E-state index is 0.0238. The third kappa shape index (κ3) is 3.48. The highest BCUT2D eigenvalue weighted by Crippen LogP contribution is 2.18. The molecule has 0 saturated carbocycles. The van der Waals surface area contributed by atoms with Crippen LogP contribution in [0.2, 0.25) is 0 Å². The van der Waals surface area contributed by atoms with E-state index in [0.717, 1.165) is 12.8 Å². The van der Waals surface area contributed by atoms with Gasteiger partial charge in [-0.15, -0.1) is 0 Å². The van der Waals surface area contributed by atoms with Gasteiger partial charge in [0, 0.05) is 13.1 Å². The van der Waals surface area contributed by atoms with Gasteiger partial charge in [-0.1, -0.05) is 15.9 Å². The first-order valence-electron chi connectivity index (χ1n) is 5.19. The Kier molecular flexibility index (Phi) is 5.08. The van der Waals surface area contributed by atoms with Crippen LogP contribution in [-0.2, 0) is 14.3 Å². The van der Waals surface area contributed by atoms with E-state index in [-0.39, 0.29) is 17.8 Å². The highest BCUT2D eigenvalue weighted by atomic mass is 79.9. The number of ether oxygens (including phenoxy) is 1. The Balaban J connectivity index is 2.35. The molecule has 1 amide bonds. The van der Waals surface area contributed by atoms with E-state index >= 15 is 0 Å². The molecule has 0 aromatic rings. The summed E-state index contributed by atoms with van der Waals surface area (Å²) in [6, 6.07) is 0. The lowest BCUT2D eigenvalue weighted by atomic mass is 9.97. The number of likely N-dealkylation sites (tertiary alicyclic amines) is 1. The normalized spacial score (nSPS) is 17.6. The second-order valence-corrected chi connectivity index (χ2v) is 4.10. The Bertz CT molecular complexity index is 237. The van der Waals surface area contributed by atoms with Crippen LogP contribution in [0.25, 0.3) is 0 Å². The van der Waals surface area contributed by atoms with Crippen LogP contribution in [0.3, 0.4) is 0 Å². The maximum absolute atomic E-state index is 11.4. The van der Waals surface area contributed by atoms with Crippen LogP contribution in [0.15, 0.2) is 0 Å². The van der Waals surface area contributed by atoms with Gasteiger partial charge in [0.05, 0.1) is 17.9 Å². The molecule has 4 nitrogen and oxygen atoms in total. The first kappa shape index (κ1) is 12.5. The Labute approximate surface area is 98.1 Å². The lowest BCUT2D eigenvalue weighted by molar-refractivity contribution is -0.150. The fourth-order valence-electron chi connectivity index (χ4n) is 1.71. The molecular weight excluding hydrogens is 262 g/mol. The number of alkyl halides is 1. The summed E-state index contributed by atoms with van der Waals surface area (Å²) in [5.41, 5.74) is 0. The van der Waals surface area contributed by atoms with Crippen LogP contribution >= 0.6 is 15.9 Å². The largest absolute Gasteiger partial charge is 0.466 e. The van der Waals surface area contributed by atoms with Gasteiger partial charge in [-0.3, -0.25) is 9.59 Å². The standard InChI is InChI=1S/C10H16BrNO3/c1-2-15-10(14)8-3-5-12(6-4-8)9(13)7-11/h8H,2-7H2,1H3. The quantitative estimate of drug-likeness (QED) is 0.575. The van der Waals surface area contributed by atoms with Gasteiger partial charge in [-0.05, 0) is 19.8 Å². The number of nitrogens with zero attached hydrogens (tertiary/aromatic N) is 1. The molecular formula is C10H16BrNO3. The van der Waals surface area contributed by atoms with Gasteiger partial charge in [0.1, 0.15) is 0 Å². The van der Waals surface area contributed by atoms with Crippen molar-refractivity contribution in [1.29, 1.82) is 0 Å². The van der Waals surface area contributed by atoms with Crippen molar-refractivity contribution in [2.75, 3.05) is 25.0 Å². The molecule has 0 spiro atoms. The number of rotatable bonds is 3. The van der Waals surface area contributed by atoms with Crippen LogP contribution in [0.1, 0.15) is 19.8 Å². The molecule has 0 bridgehead atoms. The Morgan fingerprint density at radius 3 is 2.47 bits per heavy atom. The third-order valence-electron chi connectivity index (χ3n) is 2.58. The molecule has 1 fully saturated rings. The maximum atomic E-state index is 11.4. The average Bonchev–Trinajstić information content (AvgIpc) is 2.28. The molecule has 0 aliphatic carbocycles. The minimum Gasteiger partial charge on any atom is -0.466 e. The van der Waals surface area contributed by atoms with E-state index in [1.165, 1.54) is 0 Å². The lowest BCUT2D eigenvalue weighted by Gasteiger charge is -2.30. The fourth-order valence-corrected chi connectivity index (χ4v) is 2.06. The van der Waals surface area contributed by atoms with E-state index in [1.807, 2.05) is 0 Å². The van der Waals surface area contributed by atoms with Crippen LogP contribution < -0.4 is 0 Å². The molecule has 0 aromatic heterocycles. The van der Waals surface area contributed by atoms with Gasteiger partial charge in [-0.2, -0.15) is 0 Å². The summed E-state index contributed by atoms with van der Waals surface area (Å²) in [7, 11) is 0. The van der Waals surface area contributed by atoms with Crippen molar-refractivity contribution < 1.29 is 14.3 Å². The zero-order chi connectivity index (χ0) is 11.3. The smallest absolute Gasteiger partial charge is 0.309 e. The van der Waals surface area contributed by atoms with Crippen LogP contribution in [-0.4, -0.2) is 41.8 Å². The molecule has 1 heterocycles. The topological polar surface area (TPSA) is 46.6 Å². The number of piperidine rings is 1. The minimum atomic E-state index is -0.122. The molecule has 1 aliphatic rings. The van der Waals surface area contributed by atoms with E-state index in [0.29, 0.717) is 25.0 Å². The predicted molar refractivity (Wildman–Crippen MR) is 59.7 cm³/mol. The van der Waals surface area contributed by atoms with Crippen molar-refractivity contribution in [1.82, 2.24) is 4.90 Å². The van der Waals surface area contributed by atoms with Gasteiger partial charge in [0.2, 0.25) is 5.91 Å². The second-order valence-electron chi connectivity index (χ2n) is 3.54. The Hall–Kier alpha value is -0.580. The van der Waals surface area contributed by atoms with Crippen molar-refractivity contribution in [3.63, 3.8) is 0 Å². The van der Waals surface area contributed by atoms with E-state index < -0.39 is 0 Å². The number of carbonyl (C=O) groups excluding carboxylic acids is 2. The van der Waals surface area contributed by atoms with E-state index in [2.05, 4.69) is 15.9 Å². The van der Waals surface area contributed by atoms with Crippen molar-refractivity contribution in [2.45, 2.75) is 19.8 Å². The SMILES string of the molecule is CCOC(=O)C1CCN(C(=O)CBr)CC1. The number of hydrogen-bond acceptors (Lipinski definition) is 3. The Morgan fingerprint density at radius 2 is 2.00 bits per heavy atom. The van der Waals surface area contributed by atoms with Gasteiger partial charge in [-0.25, -0.2) is 0 Å². The van der Waals surface area contributed by atoms with Crippen LogP contribution in [0.5, 0.6) is 0 Å². The zero-order valence-electron chi connectivity index (χ0n) is 8.87. The van der Waals surface area contributed by atoms with Gasteiger partial charge >= 0.3 is 5.97 Å². The molecule has 0 aromatic carbocycles. The number of amides is 1. The van der Waals surface area contributed by atoms with Crippen molar-refractivity contribution in [3.8, 4) is 0 Å². The molecule has 1 saturated heterocycles. The van der Waals surface area contributed by atoms with Gasteiger partial charge < -0.3 is 9.64 Å². The molecule has 1 aliphatic heterocycles. The summed E-state index contributed by atoms with van der Waals surface area (Å²) < 4.78 is 4.95. The van der Waals surface area contributed by atoms with E-state index in [4.69, 9.17) is 4.74 Å². The fraction of sp³-hybridized carbons (Fsp3) is 0.800. The Morgan fingerprint density at radius 1 is 1.40 bits per heavy atom. The summed E-state index contributed by atoms with van der Waals surface area (Å²) >= 11 is 3.14. The summed E-state index contributed by atoms with van der Waals surface area (Å²) in [6.07, 6.45) is 1.44. The van der Waals surface area contributed by atoms with Gasteiger partial charge in [0.25, 0.3) is 0 Å². The molecule has 1 rings (SSSR count). The first-order valence-corrected chi connectivity index (χ1v) is 6.31. The monoisotopic (exact) mass is 277 g/mol. The van der Waals surface area contributed by atoms with Gasteiger partial charge in [0.15, 0.2) is 0 Å². The molecule has 86 valence electrons. The number of halogens is 1. The summed E-state index contributed by atoms with van der Waals surface area (Å²) in [5.74, 6) is -0.0509. The van der Waals surface area contributed by atoms with E-state index in [9.17, 15) is 9.59 Å². The van der Waals surface area contributed by atoms with Crippen LogP contribution in [0, 0.1) is 5.92 Å². The highest BCUT2D eigenvalue weighted by molar-refractivity contribution is 9.09. The lowest BCUT2D eigenvalue weighted by Crippen LogP contribution is -2.41. The molecule has 15 heavy (non-hydrogen) atoms. The second kappa shape index (κ2) is 6.10. The summed E-state index contributed by atoms with van der Waals surface area (Å²) in [6.45, 7) is 3.56. The third-order valence-corrected chi connectivity index (χ3v) is 3.06. The summed E-state index contributed by atoms with van der Waals surface area (Å²) in [4.78, 5) is 24.5. The van der Waals surface area contributed by atoms with E-state index in [1.54, 1.807) is 11.8 Å². The number of esters is 1. The summed E-state index contributed by atoms with van der Waals surface area (Å²) in [5, 5.41) is 0.358. The van der Waals surface area contributed by atoms with Crippen molar-refractivity contribution in [2.24, 2.45) is 5.92 Å². The first-order chi connectivity index (χ1) is 7.19. The number of carbonyl (C=O) groups is 2.